The van der Waals surface area contributed by atoms with E-state index in [-0.39, 0.29) is 16.8 Å². The molecule has 0 saturated heterocycles. The Morgan fingerprint density at radius 3 is 2.86 bits per heavy atom. The molecule has 1 atom stereocenters. The first-order valence-electron chi connectivity index (χ1n) is 8.65. The van der Waals surface area contributed by atoms with Crippen molar-refractivity contribution in [1.29, 1.82) is 0 Å². The summed E-state index contributed by atoms with van der Waals surface area (Å²) in [6.07, 6.45) is -0.394. The number of halogens is 2. The molecule has 0 fully saturated rings. The largest absolute Gasteiger partial charge is 0.496 e. The first-order chi connectivity index (χ1) is 13.4. The first kappa shape index (κ1) is 20.1. The lowest BCUT2D eigenvalue weighted by Gasteiger charge is -2.07. The molecule has 1 unspecified atom stereocenters. The second-order valence-electron chi connectivity index (χ2n) is 6.06. The second kappa shape index (κ2) is 8.59. The number of rotatable bonds is 8. The minimum atomic E-state index is -2.57. The van der Waals surface area contributed by atoms with E-state index in [9.17, 15) is 13.0 Å². The molecule has 0 amide bonds. The number of H-pyrrole nitrogens is 2. The average Bonchev–Trinajstić information content (AvgIpc) is 3.10. The van der Waals surface area contributed by atoms with Gasteiger partial charge in [-0.3, -0.25) is 4.98 Å². The van der Waals surface area contributed by atoms with Crippen LogP contribution in [0.5, 0.6) is 11.6 Å². The average molecular weight is 411 g/mol. The monoisotopic (exact) mass is 411 g/mol. The van der Waals surface area contributed by atoms with Crippen molar-refractivity contribution in [3.8, 4) is 11.6 Å². The molecule has 0 aliphatic rings. The van der Waals surface area contributed by atoms with Crippen molar-refractivity contribution in [3.63, 3.8) is 0 Å². The first-order valence-corrected chi connectivity index (χ1v) is 9.97. The zero-order chi connectivity index (χ0) is 20.3. The molecule has 3 heterocycles. The highest BCUT2D eigenvalue weighted by molar-refractivity contribution is 7.84. The summed E-state index contributed by atoms with van der Waals surface area (Å²) in [5.41, 5.74) is 3.20. The van der Waals surface area contributed by atoms with Gasteiger partial charge in [-0.1, -0.05) is 6.92 Å². The number of ether oxygens (including phenoxy) is 2. The number of aromatic nitrogens is 4. The van der Waals surface area contributed by atoms with E-state index >= 15 is 0 Å². The van der Waals surface area contributed by atoms with Crippen molar-refractivity contribution < 1.29 is 27.4 Å². The molecule has 3 aromatic rings. The van der Waals surface area contributed by atoms with Crippen LogP contribution in [-0.2, 0) is 23.0 Å². The predicted octanol–water partition coefficient (Wildman–Crippen LogP) is 2.60. The van der Waals surface area contributed by atoms with Crippen molar-refractivity contribution in [2.45, 2.75) is 37.6 Å². The third-order valence-electron chi connectivity index (χ3n) is 4.25. The number of aryl methyl sites for hydroxylation is 1. The summed E-state index contributed by atoms with van der Waals surface area (Å²) in [6.45, 7) is 3.03. The molecular formula is C18H21F2N4O3S+. The number of fused-ring (bicyclic) bond motifs is 1. The van der Waals surface area contributed by atoms with Gasteiger partial charge in [-0.15, -0.1) is 0 Å². The van der Waals surface area contributed by atoms with Gasteiger partial charge in [0.25, 0.3) is 12.3 Å². The van der Waals surface area contributed by atoms with Crippen LogP contribution in [0.15, 0.2) is 23.5 Å². The Balaban J connectivity index is 1.88. The molecule has 2 N–H and O–H groups in total. The summed E-state index contributed by atoms with van der Waals surface area (Å²) in [6, 6.07) is 3.50. The molecule has 3 rings (SSSR count). The van der Waals surface area contributed by atoms with Crippen molar-refractivity contribution in [2.75, 3.05) is 13.7 Å². The molecule has 0 aliphatic carbocycles. The summed E-state index contributed by atoms with van der Waals surface area (Å²) < 4.78 is 48.1. The van der Waals surface area contributed by atoms with E-state index in [0.717, 1.165) is 11.1 Å². The maximum absolute atomic E-state index is 12.8. The SMILES string of the molecule is CCc1cc2[nH]c(S(=O)Cc3nccc(OC)c3C)nc2[nH+]c1OCC(F)F. The Hall–Kier alpha value is -2.62. The van der Waals surface area contributed by atoms with E-state index in [0.29, 0.717) is 29.0 Å². The standard InChI is InChI=1S/C18H20F2N4O3S/c1-4-11-7-12-16(23-17(11)27-8-15(19)20)24-18(22-12)28(25)9-13-10(2)14(26-3)5-6-21-13/h5-7,15H,4,8-9H2,1-3H3,(H,22,23,24)/p+1. The molecule has 7 nitrogen and oxygen atoms in total. The van der Waals surface area contributed by atoms with Crippen LogP contribution in [0, 0.1) is 6.92 Å². The highest BCUT2D eigenvalue weighted by Gasteiger charge is 2.23. The number of nitrogens with zero attached hydrogens (tertiary/aromatic N) is 2. The van der Waals surface area contributed by atoms with Gasteiger partial charge >= 0.3 is 10.8 Å². The molecule has 0 radical (unpaired) electrons. The van der Waals surface area contributed by atoms with Crippen LogP contribution in [0.2, 0.25) is 0 Å². The van der Waals surface area contributed by atoms with E-state index in [1.165, 1.54) is 0 Å². The summed E-state index contributed by atoms with van der Waals surface area (Å²) in [5.74, 6) is 1.08. The van der Waals surface area contributed by atoms with Gasteiger partial charge in [0.05, 0.1) is 18.6 Å². The molecule has 0 aliphatic heterocycles. The van der Waals surface area contributed by atoms with Crippen LogP contribution in [0.1, 0.15) is 23.7 Å². The predicted molar refractivity (Wildman–Crippen MR) is 99.2 cm³/mol. The van der Waals surface area contributed by atoms with Crippen LogP contribution < -0.4 is 14.5 Å². The molecule has 3 aromatic heterocycles. The van der Waals surface area contributed by atoms with Crippen LogP contribution in [-0.4, -0.2) is 39.3 Å². The molecule has 0 spiro atoms. The number of hydrogen-bond donors (Lipinski definition) is 1. The summed E-state index contributed by atoms with van der Waals surface area (Å²) in [5, 5.41) is 0.267. The number of aromatic amines is 2. The molecule has 10 heteroatoms. The van der Waals surface area contributed by atoms with E-state index in [2.05, 4.69) is 19.9 Å². The number of alkyl halides is 2. The van der Waals surface area contributed by atoms with Gasteiger partial charge in [-0.25, -0.2) is 18.0 Å². The van der Waals surface area contributed by atoms with Gasteiger partial charge in [0.2, 0.25) is 0 Å². The fourth-order valence-electron chi connectivity index (χ4n) is 2.76. The van der Waals surface area contributed by atoms with Gasteiger partial charge in [0.15, 0.2) is 6.61 Å². The Kier molecular flexibility index (Phi) is 6.18. The lowest BCUT2D eigenvalue weighted by Crippen LogP contribution is -2.17. The summed E-state index contributed by atoms with van der Waals surface area (Å²) >= 11 is 0. The minimum absolute atomic E-state index is 0.165. The van der Waals surface area contributed by atoms with Crippen LogP contribution >= 0.6 is 0 Å². The smallest absolute Gasteiger partial charge is 0.350 e. The molecule has 28 heavy (non-hydrogen) atoms. The fourth-order valence-corrected chi connectivity index (χ4v) is 3.85. The van der Waals surface area contributed by atoms with Gasteiger partial charge in [-0.05, 0) is 30.5 Å². The molecule has 0 bridgehead atoms. The third-order valence-corrected chi connectivity index (χ3v) is 5.41. The number of methoxy groups -OCH3 is 1. The summed E-state index contributed by atoms with van der Waals surface area (Å²) in [7, 11) is 0.0873. The molecule has 0 aromatic carbocycles. The lowest BCUT2D eigenvalue weighted by molar-refractivity contribution is -0.367. The lowest BCUT2D eigenvalue weighted by atomic mass is 10.2. The maximum atomic E-state index is 12.8. The normalized spacial score (nSPS) is 12.5. The second-order valence-corrected chi connectivity index (χ2v) is 7.42. The number of pyridine rings is 2. The molecular weight excluding hydrogens is 390 g/mol. The van der Waals surface area contributed by atoms with Crippen molar-refractivity contribution in [1.82, 2.24) is 15.0 Å². The van der Waals surface area contributed by atoms with Crippen LogP contribution in [0.3, 0.4) is 0 Å². The van der Waals surface area contributed by atoms with E-state index in [1.54, 1.807) is 25.4 Å². The van der Waals surface area contributed by atoms with Crippen LogP contribution in [0.25, 0.3) is 11.2 Å². The van der Waals surface area contributed by atoms with Gasteiger partial charge < -0.3 is 14.5 Å². The minimum Gasteiger partial charge on any atom is -0.496 e. The van der Waals surface area contributed by atoms with E-state index in [1.807, 2.05) is 13.8 Å². The van der Waals surface area contributed by atoms with Crippen LogP contribution in [0.4, 0.5) is 8.78 Å². The van der Waals surface area contributed by atoms with Gasteiger partial charge in [-0.2, -0.15) is 0 Å². The zero-order valence-corrected chi connectivity index (χ0v) is 16.5. The quantitative estimate of drug-likeness (QED) is 0.615. The summed E-state index contributed by atoms with van der Waals surface area (Å²) in [4.78, 5) is 14.5. The van der Waals surface area contributed by atoms with Crippen molar-refractivity contribution in [3.05, 3.63) is 35.2 Å². The topological polar surface area (TPSA) is 91.2 Å². The van der Waals surface area contributed by atoms with E-state index in [4.69, 9.17) is 9.47 Å². The Morgan fingerprint density at radius 1 is 1.39 bits per heavy atom. The third kappa shape index (κ3) is 4.27. The Morgan fingerprint density at radius 2 is 2.18 bits per heavy atom. The van der Waals surface area contributed by atoms with E-state index < -0.39 is 23.8 Å². The Labute approximate surface area is 163 Å². The zero-order valence-electron chi connectivity index (χ0n) is 15.7. The fraction of sp³-hybridized carbons (Fsp3) is 0.389. The Bertz CT molecular complexity index is 1010. The highest BCUT2D eigenvalue weighted by Crippen LogP contribution is 2.23. The maximum Gasteiger partial charge on any atom is 0.350 e. The highest BCUT2D eigenvalue weighted by atomic mass is 32.2. The number of imidazole rings is 1. The van der Waals surface area contributed by atoms with Crippen molar-refractivity contribution in [2.24, 2.45) is 0 Å². The van der Waals surface area contributed by atoms with Crippen molar-refractivity contribution >= 4 is 22.0 Å². The number of hydrogen-bond acceptors (Lipinski definition) is 5. The van der Waals surface area contributed by atoms with Gasteiger partial charge in [0.1, 0.15) is 22.1 Å². The number of nitrogens with one attached hydrogen (secondary N) is 2. The van der Waals surface area contributed by atoms with Gasteiger partial charge in [0, 0.05) is 17.3 Å². The molecule has 0 saturated carbocycles. The molecule has 150 valence electrons.